The lowest BCUT2D eigenvalue weighted by atomic mass is 10.2. The summed E-state index contributed by atoms with van der Waals surface area (Å²) >= 11 is 5.92. The maximum absolute atomic E-state index is 5.92. The molecule has 0 radical (unpaired) electrons. The smallest absolute Gasteiger partial charge is 0.146 e. The third-order valence-corrected chi connectivity index (χ3v) is 2.02. The van der Waals surface area contributed by atoms with Crippen molar-refractivity contribution in [2.75, 3.05) is 5.73 Å². The van der Waals surface area contributed by atoms with Gasteiger partial charge in [-0.25, -0.2) is 19.9 Å². The van der Waals surface area contributed by atoms with Gasteiger partial charge in [0, 0.05) is 18.0 Å². The Bertz CT molecular complexity index is 445. The van der Waals surface area contributed by atoms with E-state index in [1.54, 1.807) is 12.4 Å². The lowest BCUT2D eigenvalue weighted by molar-refractivity contribution is 1.14. The summed E-state index contributed by atoms with van der Waals surface area (Å²) in [6.45, 7) is 0. The van der Waals surface area contributed by atoms with Crippen molar-refractivity contribution in [3.8, 4) is 11.3 Å². The molecule has 0 atom stereocenters. The maximum atomic E-state index is 5.92. The van der Waals surface area contributed by atoms with Crippen LogP contribution >= 0.6 is 11.6 Å². The highest BCUT2D eigenvalue weighted by Gasteiger charge is 2.08. The molecule has 2 aromatic heterocycles. The van der Waals surface area contributed by atoms with Crippen LogP contribution in [0.2, 0.25) is 5.02 Å². The number of halogens is 1. The van der Waals surface area contributed by atoms with E-state index >= 15 is 0 Å². The van der Waals surface area contributed by atoms with Gasteiger partial charge in [0.15, 0.2) is 0 Å². The number of hydrogen-bond acceptors (Lipinski definition) is 5. The minimum absolute atomic E-state index is 0.250. The van der Waals surface area contributed by atoms with Crippen LogP contribution in [0, 0.1) is 0 Å². The van der Waals surface area contributed by atoms with Crippen LogP contribution in [0.3, 0.4) is 0 Å². The topological polar surface area (TPSA) is 77.6 Å². The highest BCUT2D eigenvalue weighted by Crippen LogP contribution is 2.27. The third-order valence-electron chi connectivity index (χ3n) is 1.65. The first-order valence-corrected chi connectivity index (χ1v) is 4.18. The van der Waals surface area contributed by atoms with Crippen LogP contribution in [-0.2, 0) is 0 Å². The molecule has 14 heavy (non-hydrogen) atoms. The third kappa shape index (κ3) is 1.49. The highest BCUT2D eigenvalue weighted by atomic mass is 35.5. The molecule has 0 amide bonds. The molecule has 0 saturated carbocycles. The molecule has 0 spiro atoms. The van der Waals surface area contributed by atoms with Gasteiger partial charge in [-0.15, -0.1) is 0 Å². The molecule has 0 fully saturated rings. The van der Waals surface area contributed by atoms with Gasteiger partial charge >= 0.3 is 0 Å². The second-order valence-electron chi connectivity index (χ2n) is 2.55. The van der Waals surface area contributed by atoms with E-state index in [4.69, 9.17) is 17.3 Å². The molecule has 0 saturated heterocycles. The fourth-order valence-corrected chi connectivity index (χ4v) is 1.21. The van der Waals surface area contributed by atoms with E-state index in [9.17, 15) is 0 Å². The Balaban J connectivity index is 2.58. The lowest BCUT2D eigenvalue weighted by Crippen LogP contribution is -1.95. The fourth-order valence-electron chi connectivity index (χ4n) is 1.01. The summed E-state index contributed by atoms with van der Waals surface area (Å²) in [5.74, 6) is 0.250. The number of nitrogens with two attached hydrogens (primary N) is 1. The number of nitrogen functional groups attached to an aromatic ring is 1. The molecule has 0 aliphatic rings. The van der Waals surface area contributed by atoms with Crippen molar-refractivity contribution in [1.82, 2.24) is 19.9 Å². The molecule has 0 aliphatic carbocycles. The molecule has 6 heteroatoms. The second kappa shape index (κ2) is 3.55. The first-order valence-electron chi connectivity index (χ1n) is 3.80. The number of aromatic nitrogens is 4. The predicted octanol–water partition coefficient (Wildman–Crippen LogP) is 1.17. The van der Waals surface area contributed by atoms with Crippen molar-refractivity contribution in [3.05, 3.63) is 30.1 Å². The van der Waals surface area contributed by atoms with E-state index in [0.717, 1.165) is 0 Å². The van der Waals surface area contributed by atoms with E-state index in [-0.39, 0.29) is 5.82 Å². The number of hydrogen-bond donors (Lipinski definition) is 1. The fraction of sp³-hybridized carbons (Fsp3) is 0. The summed E-state index contributed by atoms with van der Waals surface area (Å²) in [5, 5.41) is 0.322. The van der Waals surface area contributed by atoms with E-state index in [1.807, 2.05) is 0 Å². The Morgan fingerprint density at radius 2 is 1.79 bits per heavy atom. The molecule has 0 aromatic carbocycles. The molecular formula is C8H6ClN5. The molecule has 2 aromatic rings. The van der Waals surface area contributed by atoms with Gasteiger partial charge in [-0.05, 0) is 0 Å². The van der Waals surface area contributed by atoms with E-state index in [2.05, 4.69) is 19.9 Å². The van der Waals surface area contributed by atoms with E-state index in [1.165, 1.54) is 12.7 Å². The summed E-state index contributed by atoms with van der Waals surface area (Å²) in [5.41, 5.74) is 6.79. The monoisotopic (exact) mass is 207 g/mol. The summed E-state index contributed by atoms with van der Waals surface area (Å²) in [6, 6.07) is 0. The Morgan fingerprint density at radius 3 is 2.50 bits per heavy atom. The van der Waals surface area contributed by atoms with Gasteiger partial charge < -0.3 is 5.73 Å². The van der Waals surface area contributed by atoms with Gasteiger partial charge in [-0.2, -0.15) is 0 Å². The second-order valence-corrected chi connectivity index (χ2v) is 2.93. The highest BCUT2D eigenvalue weighted by molar-refractivity contribution is 6.35. The number of rotatable bonds is 1. The van der Waals surface area contributed by atoms with Crippen LogP contribution < -0.4 is 5.73 Å². The Kier molecular flexibility index (Phi) is 2.24. The van der Waals surface area contributed by atoms with Crippen molar-refractivity contribution in [1.29, 1.82) is 0 Å². The maximum Gasteiger partial charge on any atom is 0.146 e. The standard InChI is InChI=1S/C8H6ClN5/c9-6-7(13-4-14-8(6)10)5-1-11-3-12-2-5/h1-4H,(H2,10,13,14). The van der Waals surface area contributed by atoms with E-state index in [0.29, 0.717) is 16.3 Å². The average molecular weight is 208 g/mol. The normalized spacial score (nSPS) is 10.1. The van der Waals surface area contributed by atoms with Gasteiger partial charge in [0.25, 0.3) is 0 Å². The largest absolute Gasteiger partial charge is 0.382 e. The van der Waals surface area contributed by atoms with E-state index < -0.39 is 0 Å². The number of nitrogens with zero attached hydrogens (tertiary/aromatic N) is 4. The van der Waals surface area contributed by atoms with Crippen molar-refractivity contribution >= 4 is 17.4 Å². The van der Waals surface area contributed by atoms with Crippen LogP contribution in [0.5, 0.6) is 0 Å². The quantitative estimate of drug-likeness (QED) is 0.760. The molecule has 2 heterocycles. The Hall–Kier alpha value is -1.75. The summed E-state index contributed by atoms with van der Waals surface area (Å²) in [6.07, 6.45) is 6.01. The zero-order valence-corrected chi connectivity index (χ0v) is 7.81. The van der Waals surface area contributed by atoms with Gasteiger partial charge in [0.05, 0.1) is 5.69 Å². The van der Waals surface area contributed by atoms with Gasteiger partial charge in [-0.1, -0.05) is 11.6 Å². The molecule has 70 valence electrons. The molecule has 2 N–H and O–H groups in total. The minimum atomic E-state index is 0.250. The zero-order valence-electron chi connectivity index (χ0n) is 7.05. The number of anilines is 1. The summed E-state index contributed by atoms with van der Waals surface area (Å²) in [7, 11) is 0. The predicted molar refractivity (Wildman–Crippen MR) is 52.5 cm³/mol. The Labute approximate surface area is 85.0 Å². The first-order chi connectivity index (χ1) is 6.79. The average Bonchev–Trinajstić information content (AvgIpc) is 2.23. The van der Waals surface area contributed by atoms with Crippen molar-refractivity contribution in [2.45, 2.75) is 0 Å². The molecule has 2 rings (SSSR count). The van der Waals surface area contributed by atoms with Crippen molar-refractivity contribution in [3.63, 3.8) is 0 Å². The first kappa shape index (κ1) is 8.83. The minimum Gasteiger partial charge on any atom is -0.382 e. The SMILES string of the molecule is Nc1ncnc(-c2cncnc2)c1Cl. The van der Waals surface area contributed by atoms with Crippen LogP contribution in [0.1, 0.15) is 0 Å². The van der Waals surface area contributed by atoms with Crippen LogP contribution in [0.25, 0.3) is 11.3 Å². The molecule has 5 nitrogen and oxygen atoms in total. The van der Waals surface area contributed by atoms with Gasteiger partial charge in [-0.3, -0.25) is 0 Å². The Morgan fingerprint density at radius 1 is 1.07 bits per heavy atom. The summed E-state index contributed by atoms with van der Waals surface area (Å²) in [4.78, 5) is 15.5. The summed E-state index contributed by atoms with van der Waals surface area (Å²) < 4.78 is 0. The van der Waals surface area contributed by atoms with Crippen LogP contribution in [-0.4, -0.2) is 19.9 Å². The molecule has 0 unspecified atom stereocenters. The lowest BCUT2D eigenvalue weighted by Gasteiger charge is -2.02. The molecular weight excluding hydrogens is 202 g/mol. The van der Waals surface area contributed by atoms with Crippen molar-refractivity contribution < 1.29 is 0 Å². The van der Waals surface area contributed by atoms with Crippen LogP contribution in [0.15, 0.2) is 25.0 Å². The van der Waals surface area contributed by atoms with Crippen LogP contribution in [0.4, 0.5) is 5.82 Å². The zero-order chi connectivity index (χ0) is 9.97. The van der Waals surface area contributed by atoms with Gasteiger partial charge in [0.2, 0.25) is 0 Å². The molecule has 0 bridgehead atoms. The molecule has 0 aliphatic heterocycles. The van der Waals surface area contributed by atoms with Crippen molar-refractivity contribution in [2.24, 2.45) is 0 Å². The van der Waals surface area contributed by atoms with Gasteiger partial charge in [0.1, 0.15) is 23.5 Å².